The van der Waals surface area contributed by atoms with Crippen LogP contribution in [0.5, 0.6) is 5.75 Å². The van der Waals surface area contributed by atoms with Crippen molar-refractivity contribution in [3.63, 3.8) is 0 Å². The number of rotatable bonds is 7. The van der Waals surface area contributed by atoms with Crippen molar-refractivity contribution >= 4 is 51.2 Å². The van der Waals surface area contributed by atoms with E-state index in [0.29, 0.717) is 49.6 Å². The minimum Gasteiger partial charge on any atom is -0.497 e. The van der Waals surface area contributed by atoms with Crippen LogP contribution in [0.25, 0.3) is 27.5 Å². The fraction of sp³-hybridized carbons (Fsp3) is 0.192. The van der Waals surface area contributed by atoms with Gasteiger partial charge in [-0.2, -0.15) is 5.10 Å². The fourth-order valence-corrected chi connectivity index (χ4v) is 5.15. The summed E-state index contributed by atoms with van der Waals surface area (Å²) in [6, 6.07) is 10.6. The first kappa shape index (κ1) is 26.0. The van der Waals surface area contributed by atoms with Gasteiger partial charge in [0.15, 0.2) is 5.82 Å². The molecule has 3 N–H and O–H groups in total. The molecule has 0 saturated heterocycles. The van der Waals surface area contributed by atoms with E-state index in [1.807, 2.05) is 6.26 Å². The number of benzene rings is 3. The van der Waals surface area contributed by atoms with E-state index in [-0.39, 0.29) is 17.8 Å². The maximum atomic E-state index is 14.0. The number of nitrogens with one attached hydrogen (secondary N) is 1. The largest absolute Gasteiger partial charge is 0.497 e. The van der Waals surface area contributed by atoms with Crippen LogP contribution in [-0.4, -0.2) is 32.7 Å². The lowest BCUT2D eigenvalue weighted by Gasteiger charge is -2.20. The molecule has 0 spiro atoms. The molecule has 5 aromatic rings. The van der Waals surface area contributed by atoms with E-state index in [2.05, 4.69) is 9.82 Å². The zero-order valence-corrected chi connectivity index (χ0v) is 22.2. The third kappa shape index (κ3) is 4.57. The molecule has 0 aliphatic heterocycles. The van der Waals surface area contributed by atoms with E-state index in [1.165, 1.54) is 35.8 Å². The Hall–Kier alpha value is -3.67. The summed E-state index contributed by atoms with van der Waals surface area (Å²) in [6.07, 6.45) is 1.88. The van der Waals surface area contributed by atoms with E-state index in [4.69, 9.17) is 27.1 Å². The average Bonchev–Trinajstić information content (AvgIpc) is 3.20. The van der Waals surface area contributed by atoms with Crippen molar-refractivity contribution in [2.75, 3.05) is 18.1 Å². The molecule has 2 heterocycles. The molecule has 2 aromatic heterocycles. The molecule has 38 heavy (non-hydrogen) atoms. The Bertz CT molecular complexity index is 1740. The van der Waals surface area contributed by atoms with Gasteiger partial charge in [0, 0.05) is 25.4 Å². The number of fused-ring (bicyclic) bond motifs is 2. The molecule has 1 unspecified atom stereocenters. The van der Waals surface area contributed by atoms with Crippen LogP contribution in [0.4, 0.5) is 14.6 Å². The van der Waals surface area contributed by atoms with Crippen molar-refractivity contribution in [1.82, 2.24) is 19.3 Å². The maximum Gasteiger partial charge on any atom is 0.266 e. The van der Waals surface area contributed by atoms with Crippen molar-refractivity contribution in [3.05, 3.63) is 86.9 Å². The summed E-state index contributed by atoms with van der Waals surface area (Å²) in [5.74, 6) is -0.186. The molecule has 0 bridgehead atoms. The smallest absolute Gasteiger partial charge is 0.266 e. The first-order chi connectivity index (χ1) is 18.2. The molecular formula is C26H23ClF2N6O2S. The monoisotopic (exact) mass is 556 g/mol. The third-order valence-electron chi connectivity index (χ3n) is 6.17. The van der Waals surface area contributed by atoms with E-state index in [0.717, 1.165) is 6.07 Å². The molecule has 8 nitrogen and oxygen atoms in total. The predicted octanol–water partition coefficient (Wildman–Crippen LogP) is 5.15. The zero-order chi connectivity index (χ0) is 27.1. The molecule has 0 amide bonds. The highest BCUT2D eigenvalue weighted by Gasteiger charge is 2.24. The summed E-state index contributed by atoms with van der Waals surface area (Å²) in [5, 5.41) is 5.94. The predicted molar refractivity (Wildman–Crippen MR) is 147 cm³/mol. The summed E-state index contributed by atoms with van der Waals surface area (Å²) >= 11 is 7.92. The average molecular weight is 557 g/mol. The lowest BCUT2D eigenvalue weighted by molar-refractivity contribution is 0.415. The topological polar surface area (TPSA) is 100.0 Å². The van der Waals surface area contributed by atoms with E-state index < -0.39 is 17.7 Å². The quantitative estimate of drug-likeness (QED) is 0.268. The maximum absolute atomic E-state index is 14.0. The van der Waals surface area contributed by atoms with Gasteiger partial charge in [0.25, 0.3) is 5.56 Å². The van der Waals surface area contributed by atoms with E-state index in [9.17, 15) is 13.6 Å². The number of methoxy groups -OCH3 is 1. The van der Waals surface area contributed by atoms with Crippen molar-refractivity contribution in [1.29, 1.82) is 0 Å². The Morgan fingerprint density at radius 3 is 2.58 bits per heavy atom. The second kappa shape index (κ2) is 10.2. The van der Waals surface area contributed by atoms with Crippen molar-refractivity contribution in [3.8, 4) is 11.4 Å². The molecule has 0 radical (unpaired) electrons. The summed E-state index contributed by atoms with van der Waals surface area (Å²) in [6.45, 7) is 0. The van der Waals surface area contributed by atoms with Crippen molar-refractivity contribution < 1.29 is 13.5 Å². The Morgan fingerprint density at radius 1 is 1.16 bits per heavy atom. The van der Waals surface area contributed by atoms with Gasteiger partial charge in [-0.1, -0.05) is 23.5 Å². The minimum absolute atomic E-state index is 0.0258. The Morgan fingerprint density at radius 2 is 1.89 bits per heavy atom. The lowest BCUT2D eigenvalue weighted by Crippen LogP contribution is -2.30. The lowest BCUT2D eigenvalue weighted by atomic mass is 10.0. The fourth-order valence-electron chi connectivity index (χ4n) is 4.57. The summed E-state index contributed by atoms with van der Waals surface area (Å²) in [7, 11) is 3.26. The molecular weight excluding hydrogens is 534 g/mol. The summed E-state index contributed by atoms with van der Waals surface area (Å²) in [4.78, 5) is 18.8. The van der Waals surface area contributed by atoms with Crippen LogP contribution >= 0.6 is 23.5 Å². The Balaban J connectivity index is 1.80. The number of nitrogens with zero attached hydrogens (tertiary/aromatic N) is 4. The molecule has 196 valence electrons. The standard InChI is InChI=1S/C26H23ClF2N6O2S/c1-34-23-21(7-6-18(27)22(23)24(32-34)33-38-3)35-25(19(30)10-13-8-14(28)11-15(29)9-13)31-20-12-16(37-2)4-5-17(20)26(35)36/h4-9,11-12,19H,10,30H2,1-3H3,(H,32,33). The summed E-state index contributed by atoms with van der Waals surface area (Å²) < 4.78 is 39.3. The number of ether oxygens (including phenoxy) is 1. The molecule has 0 saturated carbocycles. The van der Waals surface area contributed by atoms with Crippen LogP contribution in [-0.2, 0) is 13.5 Å². The molecule has 3 aromatic carbocycles. The normalized spacial score (nSPS) is 12.3. The number of halogens is 3. The van der Waals surface area contributed by atoms with Crippen LogP contribution in [0.3, 0.4) is 0 Å². The molecule has 1 atom stereocenters. The number of anilines is 1. The van der Waals surface area contributed by atoms with Crippen LogP contribution in [0.2, 0.25) is 5.02 Å². The van der Waals surface area contributed by atoms with Gasteiger partial charge in [-0.15, -0.1) is 0 Å². The first-order valence-electron chi connectivity index (χ1n) is 11.5. The van der Waals surface area contributed by atoms with Crippen LogP contribution in [0.1, 0.15) is 17.4 Å². The van der Waals surface area contributed by atoms with Crippen molar-refractivity contribution in [2.24, 2.45) is 12.8 Å². The van der Waals surface area contributed by atoms with Crippen molar-refractivity contribution in [2.45, 2.75) is 12.5 Å². The second-order valence-corrected chi connectivity index (χ2v) is 9.67. The molecule has 0 fully saturated rings. The van der Waals surface area contributed by atoms with Gasteiger partial charge < -0.3 is 15.2 Å². The number of nitrogens with two attached hydrogens (primary N) is 1. The number of aromatic nitrogens is 4. The van der Waals surface area contributed by atoms with Gasteiger partial charge in [-0.25, -0.2) is 13.8 Å². The zero-order valence-electron chi connectivity index (χ0n) is 20.6. The number of hydrogen-bond acceptors (Lipinski definition) is 7. The Kier molecular flexibility index (Phi) is 6.99. The summed E-state index contributed by atoms with van der Waals surface area (Å²) in [5.41, 5.74) is 7.96. The minimum atomic E-state index is -0.901. The highest BCUT2D eigenvalue weighted by Crippen LogP contribution is 2.35. The third-order valence-corrected chi connectivity index (χ3v) is 6.88. The molecule has 5 rings (SSSR count). The van der Waals surface area contributed by atoms with Gasteiger partial charge in [-0.05, 0) is 48.4 Å². The molecule has 12 heteroatoms. The van der Waals surface area contributed by atoms with Gasteiger partial charge in [-0.3, -0.25) is 14.0 Å². The van der Waals surface area contributed by atoms with Gasteiger partial charge in [0.1, 0.15) is 23.2 Å². The molecule has 0 aliphatic rings. The number of aryl methyl sites for hydroxylation is 1. The van der Waals surface area contributed by atoms with Gasteiger partial charge >= 0.3 is 0 Å². The van der Waals surface area contributed by atoms with Crippen LogP contribution < -0.4 is 20.8 Å². The molecule has 0 aliphatic carbocycles. The highest BCUT2D eigenvalue weighted by molar-refractivity contribution is 7.99. The number of hydrogen-bond donors (Lipinski definition) is 2. The van der Waals surface area contributed by atoms with E-state index in [1.54, 1.807) is 42.1 Å². The van der Waals surface area contributed by atoms with Gasteiger partial charge in [0.05, 0.1) is 45.7 Å². The second-order valence-electron chi connectivity index (χ2n) is 8.65. The Labute approximate surface area is 225 Å². The van der Waals surface area contributed by atoms with E-state index >= 15 is 0 Å². The van der Waals surface area contributed by atoms with Crippen LogP contribution in [0, 0.1) is 11.6 Å². The van der Waals surface area contributed by atoms with Gasteiger partial charge in [0.2, 0.25) is 0 Å². The SMILES string of the molecule is COc1ccc2c(=O)n(-c3ccc(Cl)c4c(NSC)nn(C)c34)c(C(N)Cc3cc(F)cc(F)c3)nc2c1. The van der Waals surface area contributed by atoms with Crippen LogP contribution in [0.15, 0.2) is 53.3 Å². The first-order valence-corrected chi connectivity index (χ1v) is 13.1. The highest BCUT2D eigenvalue weighted by atomic mass is 35.5.